The number of benzene rings is 2. The van der Waals surface area contributed by atoms with Crippen LogP contribution >= 0.6 is 0 Å². The highest BCUT2D eigenvalue weighted by atomic mass is 16.5. The number of amides is 4. The first-order valence-electron chi connectivity index (χ1n) is 16.0. The van der Waals surface area contributed by atoms with E-state index in [0.29, 0.717) is 58.5 Å². The van der Waals surface area contributed by atoms with E-state index >= 15 is 0 Å². The molecule has 1 heterocycles. The summed E-state index contributed by atoms with van der Waals surface area (Å²) in [6.45, 7) is 6.21. The second-order valence-electron chi connectivity index (χ2n) is 12.0. The molecule has 2 aromatic carbocycles. The molecule has 0 aliphatic carbocycles. The number of morpholine rings is 1. The monoisotopic (exact) mass is 622 g/mol. The van der Waals surface area contributed by atoms with Crippen LogP contribution in [0.25, 0.3) is 0 Å². The van der Waals surface area contributed by atoms with E-state index in [0.717, 1.165) is 17.5 Å². The van der Waals surface area contributed by atoms with Gasteiger partial charge < -0.3 is 37.1 Å². The van der Waals surface area contributed by atoms with Gasteiger partial charge in [0.15, 0.2) is 0 Å². The molecule has 3 rings (SSSR count). The molecule has 0 unspecified atom stereocenters. The molecule has 4 amide bonds. The zero-order valence-corrected chi connectivity index (χ0v) is 26.6. The highest BCUT2D eigenvalue weighted by Crippen LogP contribution is 2.12. The van der Waals surface area contributed by atoms with Crippen LogP contribution in [0, 0.1) is 5.92 Å². The molecule has 4 atom stereocenters. The summed E-state index contributed by atoms with van der Waals surface area (Å²) >= 11 is 0. The number of carbonyl (C=O) groups excluding carboxylic acids is 4. The third-order valence-corrected chi connectivity index (χ3v) is 7.78. The molecule has 1 saturated heterocycles. The van der Waals surface area contributed by atoms with Gasteiger partial charge in [0.1, 0.15) is 18.1 Å². The lowest BCUT2D eigenvalue weighted by Crippen LogP contribution is -2.59. The number of nitrogens with zero attached hydrogens (tertiary/aromatic N) is 1. The Balaban J connectivity index is 1.75. The third kappa shape index (κ3) is 12.3. The molecule has 0 spiro atoms. The van der Waals surface area contributed by atoms with Crippen molar-refractivity contribution in [2.45, 2.75) is 76.5 Å². The van der Waals surface area contributed by atoms with Crippen LogP contribution in [0.3, 0.4) is 0 Å². The zero-order chi connectivity index (χ0) is 32.6. The van der Waals surface area contributed by atoms with Gasteiger partial charge in [-0.2, -0.15) is 0 Å². The molecule has 7 N–H and O–H groups in total. The Labute approximate surface area is 266 Å². The molecular weight excluding hydrogens is 572 g/mol. The lowest BCUT2D eigenvalue weighted by Gasteiger charge is -2.32. The highest BCUT2D eigenvalue weighted by Gasteiger charge is 2.32. The van der Waals surface area contributed by atoms with Gasteiger partial charge in [-0.15, -0.1) is 0 Å². The minimum atomic E-state index is -0.973. The number of nitrogens with two attached hydrogens (primary N) is 2. The minimum absolute atomic E-state index is 0.0631. The fourth-order valence-electron chi connectivity index (χ4n) is 5.30. The predicted octanol–water partition coefficient (Wildman–Crippen LogP) is 1.29. The summed E-state index contributed by atoms with van der Waals surface area (Å²) in [5.74, 6) is -1.51. The molecule has 0 aromatic heterocycles. The van der Waals surface area contributed by atoms with Crippen LogP contribution in [0.15, 0.2) is 60.7 Å². The Morgan fingerprint density at radius 2 is 1.29 bits per heavy atom. The van der Waals surface area contributed by atoms with Crippen molar-refractivity contribution in [3.8, 4) is 0 Å². The Hall–Kier alpha value is -3.80. The lowest BCUT2D eigenvalue weighted by atomic mass is 9.99. The Morgan fingerprint density at radius 1 is 0.756 bits per heavy atom. The Morgan fingerprint density at radius 3 is 1.87 bits per heavy atom. The van der Waals surface area contributed by atoms with Crippen LogP contribution in [0.1, 0.15) is 50.7 Å². The summed E-state index contributed by atoms with van der Waals surface area (Å²) in [4.78, 5) is 55.8. The maximum atomic E-state index is 13.8. The second kappa shape index (κ2) is 18.9. The maximum Gasteiger partial charge on any atom is 0.245 e. The van der Waals surface area contributed by atoms with E-state index in [2.05, 4.69) is 16.0 Å². The van der Waals surface area contributed by atoms with Crippen LogP contribution in [0.5, 0.6) is 0 Å². The number of rotatable bonds is 17. The van der Waals surface area contributed by atoms with Crippen LogP contribution in [-0.2, 0) is 36.8 Å². The van der Waals surface area contributed by atoms with Gasteiger partial charge in [0, 0.05) is 19.5 Å². The van der Waals surface area contributed by atoms with Crippen LogP contribution in [0.2, 0.25) is 0 Å². The van der Waals surface area contributed by atoms with Crippen molar-refractivity contribution in [3.63, 3.8) is 0 Å². The summed E-state index contributed by atoms with van der Waals surface area (Å²) in [5.41, 5.74) is 13.7. The first-order valence-corrected chi connectivity index (χ1v) is 16.0. The van der Waals surface area contributed by atoms with Gasteiger partial charge in [0.05, 0.1) is 19.3 Å². The number of nitrogens with one attached hydrogen (secondary N) is 3. The van der Waals surface area contributed by atoms with Crippen molar-refractivity contribution < 1.29 is 23.9 Å². The molecule has 11 heteroatoms. The van der Waals surface area contributed by atoms with Crippen LogP contribution < -0.4 is 27.4 Å². The first-order chi connectivity index (χ1) is 21.7. The summed E-state index contributed by atoms with van der Waals surface area (Å²) < 4.78 is 5.39. The van der Waals surface area contributed by atoms with E-state index in [1.807, 2.05) is 74.5 Å². The number of hydrogen-bond donors (Lipinski definition) is 5. The number of ether oxygens (including phenoxy) is 1. The average molecular weight is 623 g/mol. The minimum Gasteiger partial charge on any atom is -0.378 e. The van der Waals surface area contributed by atoms with Gasteiger partial charge >= 0.3 is 0 Å². The quantitative estimate of drug-likeness (QED) is 0.166. The van der Waals surface area contributed by atoms with E-state index < -0.39 is 41.9 Å². The second-order valence-corrected chi connectivity index (χ2v) is 12.0. The van der Waals surface area contributed by atoms with Crippen molar-refractivity contribution in [2.24, 2.45) is 17.4 Å². The maximum absolute atomic E-state index is 13.8. The Kier molecular flexibility index (Phi) is 15.0. The van der Waals surface area contributed by atoms with Crippen molar-refractivity contribution in [2.75, 3.05) is 32.8 Å². The number of hydrogen-bond acceptors (Lipinski definition) is 7. The van der Waals surface area contributed by atoms with Gasteiger partial charge in [0.2, 0.25) is 23.6 Å². The van der Waals surface area contributed by atoms with Gasteiger partial charge in [-0.05, 0) is 55.7 Å². The molecular formula is C34H50N6O5. The molecule has 1 aliphatic heterocycles. The molecule has 0 bridgehead atoms. The molecule has 1 fully saturated rings. The first kappa shape index (κ1) is 35.7. The van der Waals surface area contributed by atoms with Gasteiger partial charge in [-0.3, -0.25) is 19.2 Å². The van der Waals surface area contributed by atoms with Gasteiger partial charge in [-0.1, -0.05) is 74.5 Å². The fourth-order valence-corrected chi connectivity index (χ4v) is 5.30. The molecule has 11 nitrogen and oxygen atoms in total. The van der Waals surface area contributed by atoms with E-state index in [-0.39, 0.29) is 18.2 Å². The zero-order valence-electron chi connectivity index (χ0n) is 26.6. The number of unbranched alkanes of at least 4 members (excludes halogenated alkanes) is 1. The normalized spacial score (nSPS) is 15.9. The summed E-state index contributed by atoms with van der Waals surface area (Å²) in [7, 11) is 0. The van der Waals surface area contributed by atoms with Crippen molar-refractivity contribution >= 4 is 23.6 Å². The SMILES string of the molecule is CC(C)C[C@@H](NC(=O)[C@@H](Cc1ccccc1)NC(=O)[C@H](N)Cc1ccccc1)C(=O)N[C@H](CCCCN)C(=O)N1CCOCC1. The molecule has 0 saturated carbocycles. The fraction of sp³-hybridized carbons (Fsp3) is 0.529. The van der Waals surface area contributed by atoms with E-state index in [1.54, 1.807) is 4.90 Å². The third-order valence-electron chi connectivity index (χ3n) is 7.78. The predicted molar refractivity (Wildman–Crippen MR) is 174 cm³/mol. The van der Waals surface area contributed by atoms with E-state index in [9.17, 15) is 19.2 Å². The summed E-state index contributed by atoms with van der Waals surface area (Å²) in [6.07, 6.45) is 2.71. The van der Waals surface area contributed by atoms with Crippen molar-refractivity contribution in [3.05, 3.63) is 71.8 Å². The molecule has 246 valence electrons. The van der Waals surface area contributed by atoms with E-state index in [1.165, 1.54) is 0 Å². The van der Waals surface area contributed by atoms with E-state index in [4.69, 9.17) is 16.2 Å². The Bertz CT molecular complexity index is 1210. The average Bonchev–Trinajstić information content (AvgIpc) is 3.04. The highest BCUT2D eigenvalue weighted by molar-refractivity contribution is 5.95. The van der Waals surface area contributed by atoms with Crippen molar-refractivity contribution in [1.82, 2.24) is 20.9 Å². The standard InChI is InChI=1S/C34H50N6O5/c1-24(2)21-29(32(42)37-28(15-9-10-16-35)34(44)40-17-19-45-20-18-40)39-33(43)30(23-26-13-7-4-8-14-26)38-31(41)27(36)22-25-11-5-3-6-12-25/h3-8,11-14,24,27-30H,9-10,15-23,35-36H2,1-2H3,(H,37,42)(H,38,41)(H,39,43)/t27-,28-,29-,30-/m1/s1. The lowest BCUT2D eigenvalue weighted by molar-refractivity contribution is -0.141. The molecule has 0 radical (unpaired) electrons. The van der Waals surface area contributed by atoms with Crippen molar-refractivity contribution in [1.29, 1.82) is 0 Å². The summed E-state index contributed by atoms with van der Waals surface area (Å²) in [6, 6.07) is 15.3. The molecule has 1 aliphatic rings. The number of carbonyl (C=O) groups is 4. The smallest absolute Gasteiger partial charge is 0.245 e. The van der Waals surface area contributed by atoms with Crippen LogP contribution in [0.4, 0.5) is 0 Å². The largest absolute Gasteiger partial charge is 0.378 e. The topological polar surface area (TPSA) is 169 Å². The van der Waals surface area contributed by atoms with Gasteiger partial charge in [0.25, 0.3) is 0 Å². The molecule has 2 aromatic rings. The van der Waals surface area contributed by atoms with Crippen LogP contribution in [-0.4, -0.2) is 85.5 Å². The summed E-state index contributed by atoms with van der Waals surface area (Å²) in [5, 5.41) is 8.63. The van der Waals surface area contributed by atoms with Gasteiger partial charge in [-0.25, -0.2) is 0 Å². The molecule has 45 heavy (non-hydrogen) atoms.